The zero-order chi connectivity index (χ0) is 25.3. The number of hydrogen-bond donors (Lipinski definition) is 0. The fourth-order valence-corrected chi connectivity index (χ4v) is 5.25. The number of benzene rings is 2. The number of halogens is 1. The molecule has 0 aliphatic carbocycles. The van der Waals surface area contributed by atoms with Gasteiger partial charge in [0.25, 0.3) is 0 Å². The van der Waals surface area contributed by atoms with E-state index in [1.165, 1.54) is 0 Å². The van der Waals surface area contributed by atoms with E-state index in [2.05, 4.69) is 11.1 Å². The maximum absolute atomic E-state index is 11.6. The van der Waals surface area contributed by atoms with Crippen molar-refractivity contribution in [3.63, 3.8) is 0 Å². The normalized spacial score (nSPS) is 19.4. The van der Waals surface area contributed by atoms with Gasteiger partial charge in [-0.25, -0.2) is 4.98 Å². The van der Waals surface area contributed by atoms with Crippen LogP contribution < -0.4 is 0 Å². The Balaban J connectivity index is 0.00000148. The number of hydrogen-bond acceptors (Lipinski definition) is 6. The first-order valence-electron chi connectivity index (χ1n) is 12.2. The molecule has 0 saturated carbocycles. The molecule has 0 bridgehead atoms. The van der Waals surface area contributed by atoms with Gasteiger partial charge in [0, 0.05) is 30.5 Å². The summed E-state index contributed by atoms with van der Waals surface area (Å²) in [6.45, 7) is 4.51. The zero-order valence-corrected chi connectivity index (χ0v) is 22.0. The first-order valence-corrected chi connectivity index (χ1v) is 13.4. The SMILES string of the molecule is CC.O=CC1CC(OCc2ccccc2)CC(c2ccc(Cl)c(Cc3ncc(-c4ccco4)s3)c2)O1. The second-order valence-electron chi connectivity index (χ2n) is 8.31. The van der Waals surface area contributed by atoms with Crippen LogP contribution in [0.2, 0.25) is 5.02 Å². The smallest absolute Gasteiger partial charge is 0.148 e. The van der Waals surface area contributed by atoms with Gasteiger partial charge in [-0.1, -0.05) is 67.9 Å². The molecule has 2 aromatic heterocycles. The molecule has 188 valence electrons. The number of rotatable bonds is 8. The van der Waals surface area contributed by atoms with Crippen LogP contribution in [0.25, 0.3) is 10.6 Å². The highest BCUT2D eigenvalue weighted by molar-refractivity contribution is 7.15. The molecule has 3 atom stereocenters. The summed E-state index contributed by atoms with van der Waals surface area (Å²) in [5.41, 5.74) is 3.07. The number of carbonyl (C=O) groups is 1. The maximum atomic E-state index is 11.6. The molecule has 1 fully saturated rings. The Bertz CT molecular complexity index is 1230. The van der Waals surface area contributed by atoms with Gasteiger partial charge in [0.15, 0.2) is 0 Å². The van der Waals surface area contributed by atoms with Gasteiger partial charge in [0.2, 0.25) is 0 Å². The van der Waals surface area contributed by atoms with Crippen molar-refractivity contribution in [2.45, 2.75) is 58.0 Å². The summed E-state index contributed by atoms with van der Waals surface area (Å²) in [7, 11) is 0. The van der Waals surface area contributed by atoms with Crippen molar-refractivity contribution in [2.75, 3.05) is 0 Å². The highest BCUT2D eigenvalue weighted by atomic mass is 35.5. The summed E-state index contributed by atoms with van der Waals surface area (Å²) in [5.74, 6) is 0.806. The third kappa shape index (κ3) is 6.71. The van der Waals surface area contributed by atoms with Crippen molar-refractivity contribution in [3.8, 4) is 10.6 Å². The van der Waals surface area contributed by atoms with E-state index in [9.17, 15) is 4.79 Å². The molecule has 2 aromatic carbocycles. The third-order valence-electron chi connectivity index (χ3n) is 5.89. The van der Waals surface area contributed by atoms with Gasteiger partial charge in [-0.2, -0.15) is 0 Å². The number of aromatic nitrogens is 1. The minimum atomic E-state index is -0.492. The van der Waals surface area contributed by atoms with Crippen LogP contribution in [-0.2, 0) is 27.3 Å². The van der Waals surface area contributed by atoms with E-state index in [4.69, 9.17) is 25.5 Å². The van der Waals surface area contributed by atoms with Crippen molar-refractivity contribution < 1.29 is 18.7 Å². The summed E-state index contributed by atoms with van der Waals surface area (Å²) < 4.78 is 17.7. The average molecular weight is 524 g/mol. The highest BCUT2D eigenvalue weighted by Gasteiger charge is 2.31. The van der Waals surface area contributed by atoms with Gasteiger partial charge >= 0.3 is 0 Å². The van der Waals surface area contributed by atoms with Gasteiger partial charge in [-0.3, -0.25) is 0 Å². The van der Waals surface area contributed by atoms with Gasteiger partial charge < -0.3 is 18.7 Å². The molecule has 5 nitrogen and oxygen atoms in total. The lowest BCUT2D eigenvalue weighted by atomic mass is 9.94. The van der Waals surface area contributed by atoms with E-state index < -0.39 is 6.10 Å². The summed E-state index contributed by atoms with van der Waals surface area (Å²) in [6.07, 6.45) is 5.39. The lowest BCUT2D eigenvalue weighted by Crippen LogP contribution is -2.34. The summed E-state index contributed by atoms with van der Waals surface area (Å²) in [5, 5.41) is 1.63. The number of furan rings is 1. The van der Waals surface area contributed by atoms with Crippen LogP contribution in [0.4, 0.5) is 0 Å². The van der Waals surface area contributed by atoms with Crippen LogP contribution in [0.15, 0.2) is 77.5 Å². The molecular weight excluding hydrogens is 494 g/mol. The number of nitrogens with zero attached hydrogens (tertiary/aromatic N) is 1. The van der Waals surface area contributed by atoms with E-state index in [1.807, 2.05) is 74.6 Å². The van der Waals surface area contributed by atoms with E-state index in [1.54, 1.807) is 17.6 Å². The van der Waals surface area contributed by atoms with Crippen LogP contribution in [0.1, 0.15) is 54.5 Å². The summed E-state index contributed by atoms with van der Waals surface area (Å²) in [4.78, 5) is 17.1. The topological polar surface area (TPSA) is 61.6 Å². The molecule has 1 aliphatic rings. The standard InChI is InChI=1S/C27H24ClNO4S.C2H6/c28-23-9-8-19(11-20(23)12-27-29-15-26(34-27)24-7-4-10-31-24)25-14-21(13-22(16-30)33-25)32-17-18-5-2-1-3-6-18;1-2/h1-11,15-16,21-22,25H,12-14,17H2;1-2H3. The quantitative estimate of drug-likeness (QED) is 0.222. The molecular formula is C29H30ClNO4S. The molecule has 3 heterocycles. The number of aldehydes is 1. The number of thiazole rings is 1. The third-order valence-corrected chi connectivity index (χ3v) is 7.27. The van der Waals surface area contributed by atoms with Crippen LogP contribution in [0.5, 0.6) is 0 Å². The molecule has 1 aliphatic heterocycles. The largest absolute Gasteiger partial charge is 0.463 e. The molecule has 7 heteroatoms. The van der Waals surface area contributed by atoms with Gasteiger partial charge in [0.1, 0.15) is 18.2 Å². The van der Waals surface area contributed by atoms with Gasteiger partial charge in [0.05, 0.1) is 35.0 Å². The van der Waals surface area contributed by atoms with Crippen molar-refractivity contribution in [1.82, 2.24) is 4.98 Å². The summed E-state index contributed by atoms with van der Waals surface area (Å²) in [6, 6.07) is 19.7. The number of carbonyl (C=O) groups excluding carboxylic acids is 1. The van der Waals surface area contributed by atoms with Crippen molar-refractivity contribution in [2.24, 2.45) is 0 Å². The minimum Gasteiger partial charge on any atom is -0.463 e. The molecule has 3 unspecified atom stereocenters. The van der Waals surface area contributed by atoms with Crippen LogP contribution >= 0.6 is 22.9 Å². The monoisotopic (exact) mass is 523 g/mol. The van der Waals surface area contributed by atoms with Crippen LogP contribution in [-0.4, -0.2) is 23.5 Å². The molecule has 0 spiro atoms. The molecule has 36 heavy (non-hydrogen) atoms. The predicted octanol–water partition coefficient (Wildman–Crippen LogP) is 7.68. The van der Waals surface area contributed by atoms with Gasteiger partial charge in [-0.15, -0.1) is 11.3 Å². The Labute approximate surface area is 221 Å². The molecule has 1 saturated heterocycles. The van der Waals surface area contributed by atoms with E-state index >= 15 is 0 Å². The molecule has 4 aromatic rings. The Hall–Kier alpha value is -2.77. The highest BCUT2D eigenvalue weighted by Crippen LogP contribution is 2.35. The Morgan fingerprint density at radius 1 is 1.11 bits per heavy atom. The van der Waals surface area contributed by atoms with Crippen molar-refractivity contribution in [1.29, 1.82) is 0 Å². The lowest BCUT2D eigenvalue weighted by Gasteiger charge is -2.33. The predicted molar refractivity (Wildman–Crippen MR) is 143 cm³/mol. The van der Waals surface area contributed by atoms with Crippen LogP contribution in [0, 0.1) is 0 Å². The van der Waals surface area contributed by atoms with E-state index in [0.717, 1.165) is 38.6 Å². The van der Waals surface area contributed by atoms with Crippen molar-refractivity contribution >= 4 is 29.2 Å². The lowest BCUT2D eigenvalue weighted by molar-refractivity contribution is -0.142. The zero-order valence-electron chi connectivity index (χ0n) is 20.4. The fraction of sp³-hybridized carbons (Fsp3) is 0.310. The van der Waals surface area contributed by atoms with Gasteiger partial charge in [-0.05, 0) is 34.9 Å². The first-order chi connectivity index (χ1) is 17.7. The Morgan fingerprint density at radius 3 is 2.69 bits per heavy atom. The maximum Gasteiger partial charge on any atom is 0.148 e. The molecule has 0 amide bonds. The van der Waals surface area contributed by atoms with Crippen molar-refractivity contribution in [3.05, 3.63) is 99.8 Å². The summed E-state index contributed by atoms with van der Waals surface area (Å²) >= 11 is 8.11. The van der Waals surface area contributed by atoms with E-state index in [-0.39, 0.29) is 12.2 Å². The second-order valence-corrected chi connectivity index (χ2v) is 9.83. The Kier molecular flexibility index (Phi) is 9.47. The first kappa shape index (κ1) is 26.3. The fourth-order valence-electron chi connectivity index (χ4n) is 4.16. The second kappa shape index (κ2) is 13.0. The number of ether oxygens (including phenoxy) is 2. The minimum absolute atomic E-state index is 0.0666. The molecule has 5 rings (SSSR count). The van der Waals surface area contributed by atoms with Crippen LogP contribution in [0.3, 0.4) is 0 Å². The Morgan fingerprint density at radius 2 is 1.94 bits per heavy atom. The van der Waals surface area contributed by atoms with E-state index in [0.29, 0.717) is 30.9 Å². The average Bonchev–Trinajstić information content (AvgIpc) is 3.63. The molecule has 0 N–H and O–H groups in total. The molecule has 0 radical (unpaired) electrons.